The van der Waals surface area contributed by atoms with Gasteiger partial charge in [0.1, 0.15) is 0 Å². The van der Waals surface area contributed by atoms with Crippen LogP contribution in [0.4, 0.5) is 0 Å². The first-order valence-electron chi connectivity index (χ1n) is 6.54. The zero-order valence-corrected chi connectivity index (χ0v) is 13.9. The molecule has 0 aliphatic carbocycles. The van der Waals surface area contributed by atoms with Crippen LogP contribution in [0.3, 0.4) is 0 Å². The zero-order valence-electron chi connectivity index (χ0n) is 11.5. The summed E-state index contributed by atoms with van der Waals surface area (Å²) in [5.41, 5.74) is 1.99. The van der Waals surface area contributed by atoms with E-state index in [-0.39, 0.29) is 11.9 Å². The van der Waals surface area contributed by atoms with E-state index in [0.717, 1.165) is 15.6 Å². The molecule has 0 aromatic heterocycles. The standard InChI is InChI=1S/C17H15BrClNO/c1-12(14-3-2-4-15(18)11-14)20-17(21)10-7-13-5-8-16(19)9-6-13/h2-12H,1H3,(H,20,21). The first-order chi connectivity index (χ1) is 10.0. The van der Waals surface area contributed by atoms with Crippen molar-refractivity contribution in [3.05, 3.63) is 75.2 Å². The van der Waals surface area contributed by atoms with Gasteiger partial charge in [-0.05, 0) is 48.4 Å². The van der Waals surface area contributed by atoms with Crippen molar-refractivity contribution < 1.29 is 4.79 Å². The molecule has 0 heterocycles. The highest BCUT2D eigenvalue weighted by Crippen LogP contribution is 2.17. The number of hydrogen-bond acceptors (Lipinski definition) is 1. The van der Waals surface area contributed by atoms with Crippen LogP contribution >= 0.6 is 27.5 Å². The molecule has 0 aliphatic heterocycles. The fourth-order valence-corrected chi connectivity index (χ4v) is 2.41. The first kappa shape index (κ1) is 15.8. The topological polar surface area (TPSA) is 29.1 Å². The third-order valence-electron chi connectivity index (χ3n) is 3.00. The molecule has 0 bridgehead atoms. The largest absolute Gasteiger partial charge is 0.346 e. The molecule has 1 unspecified atom stereocenters. The monoisotopic (exact) mass is 363 g/mol. The summed E-state index contributed by atoms with van der Waals surface area (Å²) < 4.78 is 0.998. The van der Waals surface area contributed by atoms with Gasteiger partial charge in [-0.15, -0.1) is 0 Å². The third kappa shape index (κ3) is 5.03. The van der Waals surface area contributed by atoms with Gasteiger partial charge in [-0.3, -0.25) is 4.79 Å². The summed E-state index contributed by atoms with van der Waals surface area (Å²) >= 11 is 9.24. The van der Waals surface area contributed by atoms with Crippen molar-refractivity contribution in [1.82, 2.24) is 5.32 Å². The summed E-state index contributed by atoms with van der Waals surface area (Å²) in [5.74, 6) is -0.127. The van der Waals surface area contributed by atoms with Gasteiger partial charge in [-0.2, -0.15) is 0 Å². The maximum Gasteiger partial charge on any atom is 0.244 e. The Bertz CT molecular complexity index is 652. The maximum atomic E-state index is 11.9. The normalized spacial score (nSPS) is 12.3. The van der Waals surface area contributed by atoms with Gasteiger partial charge >= 0.3 is 0 Å². The number of nitrogens with one attached hydrogen (secondary N) is 1. The van der Waals surface area contributed by atoms with Crippen LogP contribution in [0.5, 0.6) is 0 Å². The SMILES string of the molecule is CC(NC(=O)C=Cc1ccc(Cl)cc1)c1cccc(Br)c1. The quantitative estimate of drug-likeness (QED) is 0.761. The predicted octanol–water partition coefficient (Wildman–Crippen LogP) is 4.99. The molecule has 1 atom stereocenters. The Morgan fingerprint density at radius 1 is 1.24 bits per heavy atom. The summed E-state index contributed by atoms with van der Waals surface area (Å²) in [6.45, 7) is 1.95. The highest BCUT2D eigenvalue weighted by Gasteiger charge is 2.07. The maximum absolute atomic E-state index is 11.9. The molecule has 1 amide bonds. The van der Waals surface area contributed by atoms with Crippen LogP contribution in [0.15, 0.2) is 59.1 Å². The average molecular weight is 365 g/mol. The molecule has 0 fully saturated rings. The summed E-state index contributed by atoms with van der Waals surface area (Å²) in [7, 11) is 0. The van der Waals surface area contributed by atoms with E-state index in [2.05, 4.69) is 21.2 Å². The fourth-order valence-electron chi connectivity index (χ4n) is 1.87. The second-order valence-corrected chi connectivity index (χ2v) is 6.02. The fraction of sp³-hybridized carbons (Fsp3) is 0.118. The van der Waals surface area contributed by atoms with Crippen molar-refractivity contribution in [3.63, 3.8) is 0 Å². The van der Waals surface area contributed by atoms with E-state index in [9.17, 15) is 4.79 Å². The third-order valence-corrected chi connectivity index (χ3v) is 3.75. The Kier molecular flexibility index (Phi) is 5.59. The van der Waals surface area contributed by atoms with Crippen molar-refractivity contribution in [1.29, 1.82) is 0 Å². The zero-order chi connectivity index (χ0) is 15.2. The van der Waals surface area contributed by atoms with E-state index in [1.165, 1.54) is 6.08 Å². The van der Waals surface area contributed by atoms with Gasteiger partial charge in [0, 0.05) is 15.6 Å². The van der Waals surface area contributed by atoms with Crippen LogP contribution in [0.1, 0.15) is 24.1 Å². The molecule has 21 heavy (non-hydrogen) atoms. The average Bonchev–Trinajstić information content (AvgIpc) is 2.46. The molecular weight excluding hydrogens is 350 g/mol. The molecule has 0 radical (unpaired) electrons. The molecule has 2 nitrogen and oxygen atoms in total. The van der Waals surface area contributed by atoms with E-state index < -0.39 is 0 Å². The summed E-state index contributed by atoms with van der Waals surface area (Å²) in [4.78, 5) is 11.9. The lowest BCUT2D eigenvalue weighted by molar-refractivity contribution is -0.117. The molecule has 2 aromatic carbocycles. The summed E-state index contributed by atoms with van der Waals surface area (Å²) in [6.07, 6.45) is 3.29. The highest BCUT2D eigenvalue weighted by molar-refractivity contribution is 9.10. The number of halogens is 2. The molecule has 2 aromatic rings. The molecule has 4 heteroatoms. The molecule has 2 rings (SSSR count). The lowest BCUT2D eigenvalue weighted by atomic mass is 10.1. The van der Waals surface area contributed by atoms with E-state index in [1.807, 2.05) is 43.3 Å². The minimum Gasteiger partial charge on any atom is -0.346 e. The van der Waals surface area contributed by atoms with Crippen LogP contribution in [0.25, 0.3) is 6.08 Å². The molecule has 0 spiro atoms. The first-order valence-corrected chi connectivity index (χ1v) is 7.71. The summed E-state index contributed by atoms with van der Waals surface area (Å²) in [6, 6.07) is 15.2. The predicted molar refractivity (Wildman–Crippen MR) is 91.2 cm³/mol. The lowest BCUT2D eigenvalue weighted by Crippen LogP contribution is -2.24. The van der Waals surface area contributed by atoms with Crippen LogP contribution < -0.4 is 5.32 Å². The van der Waals surface area contributed by atoms with Gasteiger partial charge in [-0.25, -0.2) is 0 Å². The van der Waals surface area contributed by atoms with Gasteiger partial charge in [0.2, 0.25) is 5.91 Å². The van der Waals surface area contributed by atoms with E-state index in [4.69, 9.17) is 11.6 Å². The van der Waals surface area contributed by atoms with Gasteiger partial charge in [-0.1, -0.05) is 51.8 Å². The van der Waals surface area contributed by atoms with E-state index >= 15 is 0 Å². The van der Waals surface area contributed by atoms with Gasteiger partial charge in [0.15, 0.2) is 0 Å². The number of benzene rings is 2. The van der Waals surface area contributed by atoms with Crippen molar-refractivity contribution >= 4 is 39.5 Å². The van der Waals surface area contributed by atoms with Crippen LogP contribution in [-0.4, -0.2) is 5.91 Å². The molecular formula is C17H15BrClNO. The molecule has 108 valence electrons. The van der Waals surface area contributed by atoms with Gasteiger partial charge < -0.3 is 5.32 Å². The lowest BCUT2D eigenvalue weighted by Gasteiger charge is -2.13. The highest BCUT2D eigenvalue weighted by atomic mass is 79.9. The van der Waals surface area contributed by atoms with Crippen molar-refractivity contribution in [3.8, 4) is 0 Å². The smallest absolute Gasteiger partial charge is 0.244 e. The Hall–Kier alpha value is -1.58. The molecule has 0 saturated heterocycles. The van der Waals surface area contributed by atoms with Crippen molar-refractivity contribution in [2.24, 2.45) is 0 Å². The Labute approximate surface area is 138 Å². The minimum absolute atomic E-state index is 0.0510. The Morgan fingerprint density at radius 3 is 2.62 bits per heavy atom. The Balaban J connectivity index is 1.96. The van der Waals surface area contributed by atoms with Crippen LogP contribution in [0, 0.1) is 0 Å². The molecule has 0 saturated carbocycles. The van der Waals surface area contributed by atoms with E-state index in [0.29, 0.717) is 5.02 Å². The van der Waals surface area contributed by atoms with E-state index in [1.54, 1.807) is 18.2 Å². The van der Waals surface area contributed by atoms with Crippen molar-refractivity contribution in [2.45, 2.75) is 13.0 Å². The van der Waals surface area contributed by atoms with Crippen LogP contribution in [0.2, 0.25) is 5.02 Å². The van der Waals surface area contributed by atoms with Gasteiger partial charge in [0.05, 0.1) is 6.04 Å². The second-order valence-electron chi connectivity index (χ2n) is 4.67. The van der Waals surface area contributed by atoms with Gasteiger partial charge in [0.25, 0.3) is 0 Å². The number of carbonyl (C=O) groups is 1. The number of carbonyl (C=O) groups excluding carboxylic acids is 1. The Morgan fingerprint density at radius 2 is 1.95 bits per heavy atom. The number of amides is 1. The number of rotatable bonds is 4. The van der Waals surface area contributed by atoms with Crippen molar-refractivity contribution in [2.75, 3.05) is 0 Å². The summed E-state index contributed by atoms with van der Waals surface area (Å²) in [5, 5.41) is 3.61. The number of hydrogen-bond donors (Lipinski definition) is 1. The molecule has 0 aliphatic rings. The minimum atomic E-state index is -0.127. The van der Waals surface area contributed by atoms with Crippen LogP contribution in [-0.2, 0) is 4.79 Å². The second kappa shape index (κ2) is 7.43. The molecule has 1 N–H and O–H groups in total.